The summed E-state index contributed by atoms with van der Waals surface area (Å²) in [6, 6.07) is 13.4. The first kappa shape index (κ1) is 16.4. The van der Waals surface area contributed by atoms with E-state index in [9.17, 15) is 4.79 Å². The van der Waals surface area contributed by atoms with Gasteiger partial charge in [-0.2, -0.15) is 0 Å². The zero-order valence-electron chi connectivity index (χ0n) is 13.2. The van der Waals surface area contributed by atoms with Gasteiger partial charge in [-0.05, 0) is 35.7 Å². The van der Waals surface area contributed by atoms with Gasteiger partial charge in [0, 0.05) is 25.8 Å². The Balaban J connectivity index is 1.56. The minimum atomic E-state index is -0.0271. The summed E-state index contributed by atoms with van der Waals surface area (Å²) in [4.78, 5) is 19.3. The molecule has 6 heteroatoms. The minimum absolute atomic E-state index is 0.0271. The van der Waals surface area contributed by atoms with Crippen LogP contribution in [0.3, 0.4) is 0 Å². The third-order valence-corrected chi connectivity index (χ3v) is 4.40. The van der Waals surface area contributed by atoms with Gasteiger partial charge in [0.1, 0.15) is 5.76 Å². The number of thiophene rings is 1. The van der Waals surface area contributed by atoms with Crippen molar-refractivity contribution in [1.82, 2.24) is 15.2 Å². The maximum absolute atomic E-state index is 12.0. The Kier molecular flexibility index (Phi) is 5.76. The standard InChI is InChI=1S/C18H19N3O2S/c22-18(17-7-4-12-24-17)20-9-10-21(14-16-6-3-11-23-16)13-15-5-1-2-8-19-15/h1-8,11-12H,9-10,13-14H2,(H,20,22). The number of furan rings is 1. The Bertz CT molecular complexity index is 727. The van der Waals surface area contributed by atoms with E-state index in [1.54, 1.807) is 12.5 Å². The van der Waals surface area contributed by atoms with Crippen molar-refractivity contribution in [2.24, 2.45) is 0 Å². The number of nitrogens with one attached hydrogen (secondary N) is 1. The summed E-state index contributed by atoms with van der Waals surface area (Å²) in [7, 11) is 0. The average Bonchev–Trinajstić information content (AvgIpc) is 3.29. The van der Waals surface area contributed by atoms with Crippen molar-refractivity contribution < 1.29 is 9.21 Å². The van der Waals surface area contributed by atoms with Crippen molar-refractivity contribution >= 4 is 17.2 Å². The van der Waals surface area contributed by atoms with E-state index in [1.807, 2.05) is 47.8 Å². The van der Waals surface area contributed by atoms with Crippen molar-refractivity contribution in [3.8, 4) is 0 Å². The van der Waals surface area contributed by atoms with Crippen molar-refractivity contribution in [3.05, 3.63) is 76.6 Å². The molecule has 0 aromatic carbocycles. The summed E-state index contributed by atoms with van der Waals surface area (Å²) in [5.41, 5.74) is 0.994. The summed E-state index contributed by atoms with van der Waals surface area (Å²) >= 11 is 1.45. The molecule has 0 bridgehead atoms. The second kappa shape index (κ2) is 8.42. The SMILES string of the molecule is O=C(NCCN(Cc1ccccn1)Cc1ccco1)c1cccs1. The number of hydrogen-bond donors (Lipinski definition) is 1. The summed E-state index contributed by atoms with van der Waals surface area (Å²) in [5.74, 6) is 0.872. The summed E-state index contributed by atoms with van der Waals surface area (Å²) in [5, 5.41) is 4.86. The van der Waals surface area contributed by atoms with Crippen LogP contribution in [0.25, 0.3) is 0 Å². The van der Waals surface area contributed by atoms with Crippen LogP contribution in [0.5, 0.6) is 0 Å². The number of rotatable bonds is 8. The van der Waals surface area contributed by atoms with Gasteiger partial charge in [-0.15, -0.1) is 11.3 Å². The lowest BCUT2D eigenvalue weighted by Crippen LogP contribution is -2.34. The molecule has 0 radical (unpaired) electrons. The molecular weight excluding hydrogens is 322 g/mol. The third kappa shape index (κ3) is 4.78. The molecule has 0 aliphatic heterocycles. The number of aromatic nitrogens is 1. The fraction of sp³-hybridized carbons (Fsp3) is 0.222. The molecule has 3 aromatic rings. The van der Waals surface area contributed by atoms with E-state index in [0.29, 0.717) is 26.2 Å². The highest BCUT2D eigenvalue weighted by molar-refractivity contribution is 7.12. The summed E-state index contributed by atoms with van der Waals surface area (Å²) in [6.45, 7) is 2.67. The highest BCUT2D eigenvalue weighted by atomic mass is 32.1. The first-order valence-electron chi connectivity index (χ1n) is 7.77. The molecule has 5 nitrogen and oxygen atoms in total. The molecule has 3 heterocycles. The number of amides is 1. The van der Waals surface area contributed by atoms with Gasteiger partial charge in [0.2, 0.25) is 0 Å². The Labute approximate surface area is 144 Å². The normalized spacial score (nSPS) is 10.9. The molecule has 0 fully saturated rings. The van der Waals surface area contributed by atoms with Crippen LogP contribution < -0.4 is 5.32 Å². The van der Waals surface area contributed by atoms with Gasteiger partial charge in [0.15, 0.2) is 0 Å². The fourth-order valence-electron chi connectivity index (χ4n) is 2.38. The lowest BCUT2D eigenvalue weighted by Gasteiger charge is -2.21. The number of carbonyl (C=O) groups is 1. The van der Waals surface area contributed by atoms with Gasteiger partial charge in [0.05, 0.1) is 23.4 Å². The zero-order valence-corrected chi connectivity index (χ0v) is 14.0. The molecule has 0 saturated heterocycles. The van der Waals surface area contributed by atoms with Gasteiger partial charge in [-0.1, -0.05) is 12.1 Å². The van der Waals surface area contributed by atoms with Crippen LogP contribution in [0.2, 0.25) is 0 Å². The van der Waals surface area contributed by atoms with E-state index in [2.05, 4.69) is 15.2 Å². The minimum Gasteiger partial charge on any atom is -0.468 e. The van der Waals surface area contributed by atoms with Crippen molar-refractivity contribution in [1.29, 1.82) is 0 Å². The molecule has 0 unspecified atom stereocenters. The maximum Gasteiger partial charge on any atom is 0.261 e. The third-order valence-electron chi connectivity index (χ3n) is 3.53. The van der Waals surface area contributed by atoms with Crippen LogP contribution in [0.1, 0.15) is 21.1 Å². The second-order valence-corrected chi connectivity index (χ2v) is 6.29. The molecule has 24 heavy (non-hydrogen) atoms. The van der Waals surface area contributed by atoms with E-state index in [1.165, 1.54) is 11.3 Å². The molecule has 0 aliphatic rings. The molecule has 0 spiro atoms. The number of nitrogens with zero attached hydrogens (tertiary/aromatic N) is 2. The van der Waals surface area contributed by atoms with Crippen molar-refractivity contribution in [2.75, 3.05) is 13.1 Å². The summed E-state index contributed by atoms with van der Waals surface area (Å²) < 4.78 is 5.44. The van der Waals surface area contributed by atoms with Gasteiger partial charge in [-0.3, -0.25) is 14.7 Å². The zero-order chi connectivity index (χ0) is 16.6. The van der Waals surface area contributed by atoms with Crippen LogP contribution in [-0.2, 0) is 13.1 Å². The van der Waals surface area contributed by atoms with E-state index >= 15 is 0 Å². The Morgan fingerprint density at radius 1 is 1.17 bits per heavy atom. The molecule has 0 atom stereocenters. The van der Waals surface area contributed by atoms with Gasteiger partial charge in [0.25, 0.3) is 5.91 Å². The van der Waals surface area contributed by atoms with Crippen LogP contribution in [-0.4, -0.2) is 28.9 Å². The lowest BCUT2D eigenvalue weighted by molar-refractivity contribution is 0.0950. The van der Waals surface area contributed by atoms with Crippen molar-refractivity contribution in [3.63, 3.8) is 0 Å². The Morgan fingerprint density at radius 3 is 2.83 bits per heavy atom. The average molecular weight is 341 g/mol. The predicted molar refractivity (Wildman–Crippen MR) is 93.7 cm³/mol. The molecular formula is C18H19N3O2S. The van der Waals surface area contributed by atoms with Crippen LogP contribution in [0, 0.1) is 0 Å². The molecule has 124 valence electrons. The highest BCUT2D eigenvalue weighted by Crippen LogP contribution is 2.10. The van der Waals surface area contributed by atoms with Gasteiger partial charge >= 0.3 is 0 Å². The number of pyridine rings is 1. The number of carbonyl (C=O) groups excluding carboxylic acids is 1. The lowest BCUT2D eigenvalue weighted by atomic mass is 10.3. The number of hydrogen-bond acceptors (Lipinski definition) is 5. The Hall–Kier alpha value is -2.44. The second-order valence-electron chi connectivity index (χ2n) is 5.34. The van der Waals surface area contributed by atoms with Crippen LogP contribution in [0.4, 0.5) is 0 Å². The summed E-state index contributed by atoms with van der Waals surface area (Å²) in [6.07, 6.45) is 3.46. The van der Waals surface area contributed by atoms with E-state index in [0.717, 1.165) is 16.3 Å². The van der Waals surface area contributed by atoms with E-state index < -0.39 is 0 Å². The first-order valence-corrected chi connectivity index (χ1v) is 8.65. The molecule has 1 N–H and O–H groups in total. The molecule has 0 saturated carbocycles. The van der Waals surface area contributed by atoms with Crippen LogP contribution in [0.15, 0.2) is 64.7 Å². The smallest absolute Gasteiger partial charge is 0.261 e. The maximum atomic E-state index is 12.0. The van der Waals surface area contributed by atoms with E-state index in [4.69, 9.17) is 4.42 Å². The van der Waals surface area contributed by atoms with E-state index in [-0.39, 0.29) is 5.91 Å². The van der Waals surface area contributed by atoms with Gasteiger partial charge < -0.3 is 9.73 Å². The highest BCUT2D eigenvalue weighted by Gasteiger charge is 2.11. The van der Waals surface area contributed by atoms with Crippen molar-refractivity contribution in [2.45, 2.75) is 13.1 Å². The largest absolute Gasteiger partial charge is 0.468 e. The molecule has 1 amide bonds. The molecule has 0 aliphatic carbocycles. The first-order chi connectivity index (χ1) is 11.8. The topological polar surface area (TPSA) is 58.4 Å². The van der Waals surface area contributed by atoms with Crippen LogP contribution >= 0.6 is 11.3 Å². The monoisotopic (exact) mass is 341 g/mol. The quantitative estimate of drug-likeness (QED) is 0.684. The fourth-order valence-corrected chi connectivity index (χ4v) is 3.02. The molecule has 3 rings (SSSR count). The molecule has 3 aromatic heterocycles. The van der Waals surface area contributed by atoms with Gasteiger partial charge in [-0.25, -0.2) is 0 Å². The Morgan fingerprint density at radius 2 is 2.12 bits per heavy atom. The predicted octanol–water partition coefficient (Wildman–Crippen LogP) is 3.17.